The molecular weight excluding hydrogens is 358 g/mol. The molecule has 2 aromatic rings. The summed E-state index contributed by atoms with van der Waals surface area (Å²) in [6, 6.07) is 11.6. The Bertz CT molecular complexity index is 967. The zero-order chi connectivity index (χ0) is 18.6. The van der Waals surface area contributed by atoms with Gasteiger partial charge >= 0.3 is 0 Å². The van der Waals surface area contributed by atoms with Crippen LogP contribution in [-0.4, -0.2) is 26.8 Å². The quantitative estimate of drug-likeness (QED) is 0.755. The summed E-state index contributed by atoms with van der Waals surface area (Å²) in [5.74, 6) is 0.823. The molecule has 1 atom stereocenters. The maximum absolute atomic E-state index is 12.9. The van der Waals surface area contributed by atoms with Crippen LogP contribution in [-0.2, 0) is 4.79 Å². The third kappa shape index (κ3) is 3.64. The lowest BCUT2D eigenvalue weighted by atomic mass is 10.1. The van der Waals surface area contributed by atoms with Crippen molar-refractivity contribution in [3.05, 3.63) is 58.9 Å². The van der Waals surface area contributed by atoms with Crippen LogP contribution in [0.25, 0.3) is 5.70 Å². The summed E-state index contributed by atoms with van der Waals surface area (Å²) in [5.41, 5.74) is 1.46. The number of carbonyl (C=O) groups is 1. The second kappa shape index (κ2) is 8.00. The highest BCUT2D eigenvalue weighted by molar-refractivity contribution is 8.13. The lowest BCUT2D eigenvalue weighted by Crippen LogP contribution is -2.50. The molecule has 0 saturated heterocycles. The Morgan fingerprint density at radius 1 is 1.15 bits per heavy atom. The third-order valence-corrected chi connectivity index (χ3v) is 5.60. The van der Waals surface area contributed by atoms with Gasteiger partial charge in [0.25, 0.3) is 5.91 Å². The number of aromatic amines is 1. The van der Waals surface area contributed by atoms with Gasteiger partial charge in [0.05, 0.1) is 11.1 Å². The topological polar surface area (TPSA) is 72.8 Å². The summed E-state index contributed by atoms with van der Waals surface area (Å²) in [7, 11) is 0. The average molecular weight is 382 g/mol. The van der Waals surface area contributed by atoms with Crippen molar-refractivity contribution in [2.75, 3.05) is 5.75 Å². The molecule has 2 aliphatic rings. The van der Waals surface area contributed by atoms with E-state index in [4.69, 9.17) is 10.1 Å². The number of hydrazone groups is 1. The molecule has 1 aromatic heterocycles. The first-order chi connectivity index (χ1) is 13.3. The van der Waals surface area contributed by atoms with E-state index in [2.05, 4.69) is 17.2 Å². The fraction of sp³-hybridized carbons (Fsp3) is 0.350. The second-order valence-electron chi connectivity index (χ2n) is 6.61. The van der Waals surface area contributed by atoms with Crippen molar-refractivity contribution in [2.24, 2.45) is 10.1 Å². The van der Waals surface area contributed by atoms with Crippen molar-refractivity contribution in [1.29, 1.82) is 0 Å². The molecule has 0 spiro atoms. The zero-order valence-electron chi connectivity index (χ0n) is 15.3. The molecule has 0 saturated carbocycles. The number of para-hydroxylation sites is 1. The van der Waals surface area contributed by atoms with Crippen molar-refractivity contribution in [3.63, 3.8) is 0 Å². The number of benzene rings is 1. The zero-order valence-corrected chi connectivity index (χ0v) is 16.1. The van der Waals surface area contributed by atoms with E-state index >= 15 is 0 Å². The summed E-state index contributed by atoms with van der Waals surface area (Å²) in [5, 5.41) is 11.7. The molecule has 0 bridgehead atoms. The van der Waals surface area contributed by atoms with Crippen LogP contribution in [0.15, 0.2) is 52.7 Å². The van der Waals surface area contributed by atoms with Crippen molar-refractivity contribution in [1.82, 2.24) is 15.3 Å². The Morgan fingerprint density at radius 2 is 2.04 bits per heavy atom. The van der Waals surface area contributed by atoms with Gasteiger partial charge in [-0.1, -0.05) is 56.1 Å². The Morgan fingerprint density at radius 3 is 2.85 bits per heavy atom. The molecule has 27 heavy (non-hydrogen) atoms. The molecule has 1 amide bonds. The highest BCUT2D eigenvalue weighted by Crippen LogP contribution is 2.29. The predicted molar refractivity (Wildman–Crippen MR) is 108 cm³/mol. The molecule has 2 aliphatic heterocycles. The van der Waals surface area contributed by atoms with Crippen LogP contribution < -0.4 is 15.9 Å². The summed E-state index contributed by atoms with van der Waals surface area (Å²) < 4.78 is 0. The molecule has 0 radical (unpaired) electrons. The van der Waals surface area contributed by atoms with Crippen LogP contribution >= 0.6 is 11.8 Å². The predicted octanol–water partition coefficient (Wildman–Crippen LogP) is 2.47. The maximum Gasteiger partial charge on any atom is 0.276 e. The molecule has 2 N–H and O–H groups in total. The minimum atomic E-state index is -0.369. The number of thioether (sulfide) groups is 1. The molecule has 140 valence electrons. The van der Waals surface area contributed by atoms with E-state index in [0.29, 0.717) is 10.9 Å². The molecule has 1 unspecified atom stereocenters. The first-order valence-corrected chi connectivity index (χ1v) is 10.4. The van der Waals surface area contributed by atoms with Gasteiger partial charge in [-0.3, -0.25) is 15.1 Å². The van der Waals surface area contributed by atoms with E-state index < -0.39 is 0 Å². The lowest BCUT2D eigenvalue weighted by molar-refractivity contribution is -0.116. The number of nitrogens with zero attached hydrogens (tertiary/aromatic N) is 3. The molecule has 6 nitrogen and oxygen atoms in total. The number of aromatic nitrogens is 1. The van der Waals surface area contributed by atoms with Crippen LogP contribution in [0.2, 0.25) is 0 Å². The van der Waals surface area contributed by atoms with Gasteiger partial charge in [0.2, 0.25) is 0 Å². The summed E-state index contributed by atoms with van der Waals surface area (Å²) in [6.07, 6.45) is 6.28. The highest BCUT2D eigenvalue weighted by atomic mass is 32.2. The highest BCUT2D eigenvalue weighted by Gasteiger charge is 2.34. The molecular formula is C20H23N5OS. The number of nitrogens with one attached hydrogen (secondary N) is 2. The standard InChI is InChI=1S/C20H23N5OS/c1-2-3-4-7-13-27-20-23-19(26)17-14-9-5-6-10-15(14)22-18(25(17)24-20)16-11-8-12-21-16/h5-6,8-12,18,21H,2-4,7,13H2,1H3,(H,23,24,26). The maximum atomic E-state index is 12.9. The van der Waals surface area contributed by atoms with Crippen LogP contribution in [0, 0.1) is 0 Å². The smallest absolute Gasteiger partial charge is 0.276 e. The molecule has 7 heteroatoms. The normalized spacial score (nSPS) is 18.3. The molecule has 3 heterocycles. The van der Waals surface area contributed by atoms with E-state index in [1.807, 2.05) is 42.6 Å². The number of rotatable bonds is 6. The molecule has 4 rings (SSSR count). The number of amidine groups is 1. The van der Waals surface area contributed by atoms with Gasteiger partial charge in [-0.25, -0.2) is 5.01 Å². The van der Waals surface area contributed by atoms with Gasteiger partial charge in [-0.15, -0.1) is 5.10 Å². The van der Waals surface area contributed by atoms with Gasteiger partial charge in [-0.05, 0) is 24.6 Å². The minimum absolute atomic E-state index is 0.125. The third-order valence-electron chi connectivity index (χ3n) is 4.65. The molecule has 1 aromatic carbocycles. The van der Waals surface area contributed by atoms with Crippen LogP contribution in [0.4, 0.5) is 0 Å². The van der Waals surface area contributed by atoms with Gasteiger partial charge < -0.3 is 4.98 Å². The Labute approximate surface area is 162 Å². The van der Waals surface area contributed by atoms with E-state index in [0.717, 1.165) is 28.4 Å². The monoisotopic (exact) mass is 381 g/mol. The van der Waals surface area contributed by atoms with Gasteiger partial charge in [0.1, 0.15) is 5.70 Å². The number of hydrogen-bond acceptors (Lipinski definition) is 5. The van der Waals surface area contributed by atoms with Crippen molar-refractivity contribution < 1.29 is 4.79 Å². The van der Waals surface area contributed by atoms with E-state index in [-0.39, 0.29) is 12.1 Å². The van der Waals surface area contributed by atoms with Gasteiger partial charge in [0.15, 0.2) is 11.3 Å². The number of unbranched alkanes of at least 4 members (excludes halogenated alkanes) is 3. The largest absolute Gasteiger partial charge is 0.362 e. The van der Waals surface area contributed by atoms with Crippen molar-refractivity contribution in [2.45, 2.75) is 38.8 Å². The fourth-order valence-corrected chi connectivity index (χ4v) is 4.15. The first-order valence-electron chi connectivity index (χ1n) is 9.40. The van der Waals surface area contributed by atoms with Gasteiger partial charge in [-0.2, -0.15) is 0 Å². The number of H-pyrrole nitrogens is 1. The Balaban J connectivity index is 1.68. The number of fused-ring (bicyclic) bond motifs is 2. The first kappa shape index (κ1) is 17.9. The van der Waals surface area contributed by atoms with Crippen LogP contribution in [0.5, 0.6) is 0 Å². The van der Waals surface area contributed by atoms with E-state index in [9.17, 15) is 4.79 Å². The fourth-order valence-electron chi connectivity index (χ4n) is 3.30. The molecule has 0 fully saturated rings. The van der Waals surface area contributed by atoms with E-state index in [1.165, 1.54) is 19.3 Å². The number of carbonyl (C=O) groups excluding carboxylic acids is 1. The van der Waals surface area contributed by atoms with Crippen LogP contribution in [0.1, 0.15) is 44.5 Å². The summed E-state index contributed by atoms with van der Waals surface area (Å²) in [6.45, 7) is 2.20. The number of amides is 1. The minimum Gasteiger partial charge on any atom is -0.362 e. The Kier molecular flexibility index (Phi) is 5.29. The van der Waals surface area contributed by atoms with Crippen molar-refractivity contribution >= 4 is 28.5 Å². The van der Waals surface area contributed by atoms with E-state index in [1.54, 1.807) is 16.8 Å². The SMILES string of the molecule is CCCCCCSC1=NN2C(=c3ccccc3=NC2c2ccc[nH]2)C(=O)N1. The second-order valence-corrected chi connectivity index (χ2v) is 7.69. The molecule has 0 aliphatic carbocycles. The summed E-state index contributed by atoms with van der Waals surface area (Å²) in [4.78, 5) is 21.0. The van der Waals surface area contributed by atoms with Crippen molar-refractivity contribution in [3.8, 4) is 0 Å². The summed E-state index contributed by atoms with van der Waals surface area (Å²) >= 11 is 1.60. The van der Waals surface area contributed by atoms with Gasteiger partial charge in [0, 0.05) is 17.2 Å². The number of hydrogen-bond donors (Lipinski definition) is 2. The lowest BCUT2D eigenvalue weighted by Gasteiger charge is -2.33. The van der Waals surface area contributed by atoms with Crippen LogP contribution in [0.3, 0.4) is 0 Å². The average Bonchev–Trinajstić information content (AvgIpc) is 3.21. The Hall–Kier alpha value is -2.54.